The third kappa shape index (κ3) is 7.19. The summed E-state index contributed by atoms with van der Waals surface area (Å²) in [7, 11) is 0. The number of amides is 3. The first-order valence-electron chi connectivity index (χ1n) is 9.90. The summed E-state index contributed by atoms with van der Waals surface area (Å²) in [5.41, 5.74) is 2.08. The van der Waals surface area contributed by atoms with E-state index in [-0.39, 0.29) is 30.9 Å². The minimum absolute atomic E-state index is 0.0700. The predicted octanol–water partition coefficient (Wildman–Crippen LogP) is 2.41. The number of likely N-dealkylation sites (tertiary alicyclic amines) is 1. The van der Waals surface area contributed by atoms with Crippen LogP contribution in [-0.4, -0.2) is 42.5 Å². The maximum atomic E-state index is 12.9. The highest BCUT2D eigenvalue weighted by atomic mass is 19.1. The van der Waals surface area contributed by atoms with Gasteiger partial charge in [0, 0.05) is 32.2 Å². The fourth-order valence-corrected chi connectivity index (χ4v) is 3.36. The lowest BCUT2D eigenvalue weighted by molar-refractivity contribution is -0.121. The monoisotopic (exact) mass is 398 g/mol. The van der Waals surface area contributed by atoms with E-state index in [4.69, 9.17) is 0 Å². The van der Waals surface area contributed by atoms with Crippen LogP contribution in [0.3, 0.4) is 0 Å². The summed E-state index contributed by atoms with van der Waals surface area (Å²) >= 11 is 0. The molecule has 154 valence electrons. The molecule has 0 aliphatic carbocycles. The van der Waals surface area contributed by atoms with Gasteiger partial charge in [0.25, 0.3) is 0 Å². The van der Waals surface area contributed by atoms with E-state index in [1.165, 1.54) is 17.7 Å². The van der Waals surface area contributed by atoms with Crippen molar-refractivity contribution in [3.63, 3.8) is 0 Å². The maximum Gasteiger partial charge on any atom is 0.315 e. The van der Waals surface area contributed by atoms with E-state index in [1.54, 1.807) is 12.1 Å². The molecule has 29 heavy (non-hydrogen) atoms. The quantitative estimate of drug-likeness (QED) is 0.671. The first-order chi connectivity index (χ1) is 14.1. The molecular weight excluding hydrogens is 371 g/mol. The van der Waals surface area contributed by atoms with Crippen LogP contribution in [0.15, 0.2) is 54.6 Å². The molecule has 0 radical (unpaired) electrons. The third-order valence-electron chi connectivity index (χ3n) is 4.98. The van der Waals surface area contributed by atoms with Crippen LogP contribution in [0.25, 0.3) is 0 Å². The molecule has 0 spiro atoms. The molecule has 1 fully saturated rings. The third-order valence-corrected chi connectivity index (χ3v) is 4.98. The molecule has 1 saturated heterocycles. The van der Waals surface area contributed by atoms with Crippen molar-refractivity contribution >= 4 is 11.9 Å². The van der Waals surface area contributed by atoms with Crippen molar-refractivity contribution in [1.82, 2.24) is 20.9 Å². The molecule has 0 unspecified atom stereocenters. The summed E-state index contributed by atoms with van der Waals surface area (Å²) in [5.74, 6) is -0.510. The van der Waals surface area contributed by atoms with Gasteiger partial charge in [-0.25, -0.2) is 9.18 Å². The number of nitrogens with one attached hydrogen (secondary N) is 3. The maximum absolute atomic E-state index is 12.9. The largest absolute Gasteiger partial charge is 0.352 e. The number of rotatable bonds is 7. The van der Waals surface area contributed by atoms with Gasteiger partial charge in [0.1, 0.15) is 5.82 Å². The van der Waals surface area contributed by atoms with E-state index in [2.05, 4.69) is 33.0 Å². The second-order valence-corrected chi connectivity index (χ2v) is 7.27. The van der Waals surface area contributed by atoms with Crippen LogP contribution >= 0.6 is 0 Å². The number of halogens is 1. The zero-order chi connectivity index (χ0) is 20.5. The minimum atomic E-state index is -0.429. The fourth-order valence-electron chi connectivity index (χ4n) is 3.36. The molecule has 0 aromatic heterocycles. The molecule has 0 saturated carbocycles. The van der Waals surface area contributed by atoms with Crippen LogP contribution in [0.1, 0.15) is 24.0 Å². The summed E-state index contributed by atoms with van der Waals surface area (Å²) in [6.07, 6.45) is 1.80. The van der Waals surface area contributed by atoms with Gasteiger partial charge in [-0.3, -0.25) is 9.69 Å². The van der Waals surface area contributed by atoms with Crippen molar-refractivity contribution in [2.24, 2.45) is 0 Å². The van der Waals surface area contributed by atoms with Gasteiger partial charge < -0.3 is 16.0 Å². The van der Waals surface area contributed by atoms with Crippen molar-refractivity contribution in [1.29, 1.82) is 0 Å². The number of carbonyl (C=O) groups excluding carboxylic acids is 2. The molecule has 1 aliphatic heterocycles. The van der Waals surface area contributed by atoms with Crippen molar-refractivity contribution < 1.29 is 14.0 Å². The second kappa shape index (κ2) is 10.6. The van der Waals surface area contributed by atoms with Gasteiger partial charge in [-0.1, -0.05) is 42.5 Å². The summed E-state index contributed by atoms with van der Waals surface area (Å²) in [4.78, 5) is 26.3. The van der Waals surface area contributed by atoms with Crippen LogP contribution < -0.4 is 16.0 Å². The van der Waals surface area contributed by atoms with Gasteiger partial charge >= 0.3 is 6.03 Å². The highest BCUT2D eigenvalue weighted by molar-refractivity contribution is 5.84. The van der Waals surface area contributed by atoms with E-state index in [0.717, 1.165) is 38.0 Å². The Hall–Kier alpha value is -2.93. The number of nitrogens with zero attached hydrogens (tertiary/aromatic N) is 1. The Bertz CT molecular complexity index is 790. The molecule has 3 amide bonds. The number of piperidine rings is 1. The lowest BCUT2D eigenvalue weighted by Gasteiger charge is -2.32. The van der Waals surface area contributed by atoms with Gasteiger partial charge in [-0.15, -0.1) is 0 Å². The van der Waals surface area contributed by atoms with E-state index < -0.39 is 6.03 Å². The first-order valence-corrected chi connectivity index (χ1v) is 9.90. The summed E-state index contributed by atoms with van der Waals surface area (Å²) in [5, 5.41) is 8.18. The highest BCUT2D eigenvalue weighted by Gasteiger charge is 2.20. The Morgan fingerprint density at radius 2 is 1.62 bits per heavy atom. The molecule has 6 nitrogen and oxygen atoms in total. The topological polar surface area (TPSA) is 73.5 Å². The molecule has 0 atom stereocenters. The van der Waals surface area contributed by atoms with Gasteiger partial charge in [0.05, 0.1) is 6.54 Å². The van der Waals surface area contributed by atoms with Gasteiger partial charge in [-0.2, -0.15) is 0 Å². The zero-order valence-electron chi connectivity index (χ0n) is 16.4. The molecule has 7 heteroatoms. The van der Waals surface area contributed by atoms with Gasteiger partial charge in [0.15, 0.2) is 0 Å². The Morgan fingerprint density at radius 3 is 2.31 bits per heavy atom. The van der Waals surface area contributed by atoms with Crippen molar-refractivity contribution in [2.45, 2.75) is 32.0 Å². The van der Waals surface area contributed by atoms with Gasteiger partial charge in [0.2, 0.25) is 5.91 Å². The van der Waals surface area contributed by atoms with Crippen molar-refractivity contribution in [3.05, 3.63) is 71.5 Å². The minimum Gasteiger partial charge on any atom is -0.352 e. The molecular formula is C22H27FN4O2. The molecule has 1 heterocycles. The Kier molecular flexibility index (Phi) is 7.58. The molecule has 3 N–H and O–H groups in total. The molecule has 1 aliphatic rings. The Morgan fingerprint density at radius 1 is 0.931 bits per heavy atom. The highest BCUT2D eigenvalue weighted by Crippen LogP contribution is 2.13. The summed E-state index contributed by atoms with van der Waals surface area (Å²) < 4.78 is 12.9. The Balaban J connectivity index is 1.29. The van der Waals surface area contributed by atoms with Crippen LogP contribution in [0.2, 0.25) is 0 Å². The average Bonchev–Trinajstić information content (AvgIpc) is 2.74. The second-order valence-electron chi connectivity index (χ2n) is 7.27. The Labute approximate surface area is 170 Å². The lowest BCUT2D eigenvalue weighted by atomic mass is 10.0. The number of urea groups is 1. The van der Waals surface area contributed by atoms with Crippen LogP contribution in [0.4, 0.5) is 9.18 Å². The number of benzene rings is 2. The predicted molar refractivity (Wildman–Crippen MR) is 110 cm³/mol. The lowest BCUT2D eigenvalue weighted by Crippen LogP contribution is -2.48. The normalized spacial score (nSPS) is 14.9. The zero-order valence-corrected chi connectivity index (χ0v) is 16.4. The molecule has 3 rings (SSSR count). The van der Waals surface area contributed by atoms with Crippen LogP contribution in [0, 0.1) is 5.82 Å². The standard InChI is InChI=1S/C22H27FN4O2/c23-19-8-6-17(7-9-19)14-24-22(29)25-15-21(28)26-20-10-12-27(13-11-20)16-18-4-2-1-3-5-18/h1-9,20H,10-16H2,(H,26,28)(H2,24,25,29). The number of hydrogen-bond acceptors (Lipinski definition) is 3. The molecule has 0 bridgehead atoms. The average molecular weight is 398 g/mol. The summed E-state index contributed by atoms with van der Waals surface area (Å²) in [6, 6.07) is 16.0. The molecule has 2 aromatic rings. The van der Waals surface area contributed by atoms with Crippen LogP contribution in [0.5, 0.6) is 0 Å². The van der Waals surface area contributed by atoms with Crippen LogP contribution in [-0.2, 0) is 17.9 Å². The molecule has 2 aromatic carbocycles. The van der Waals surface area contributed by atoms with E-state index in [1.807, 2.05) is 18.2 Å². The number of carbonyl (C=O) groups is 2. The van der Waals surface area contributed by atoms with E-state index in [9.17, 15) is 14.0 Å². The van der Waals surface area contributed by atoms with Gasteiger partial charge in [-0.05, 0) is 36.1 Å². The summed E-state index contributed by atoms with van der Waals surface area (Å²) in [6.45, 7) is 3.00. The van der Waals surface area contributed by atoms with Crippen molar-refractivity contribution in [2.75, 3.05) is 19.6 Å². The van der Waals surface area contributed by atoms with E-state index >= 15 is 0 Å². The number of hydrogen-bond donors (Lipinski definition) is 3. The fraction of sp³-hybridized carbons (Fsp3) is 0.364. The first kappa shape index (κ1) is 20.8. The smallest absolute Gasteiger partial charge is 0.315 e. The van der Waals surface area contributed by atoms with Crippen molar-refractivity contribution in [3.8, 4) is 0 Å². The van der Waals surface area contributed by atoms with E-state index in [0.29, 0.717) is 0 Å². The SMILES string of the molecule is O=C(CNC(=O)NCc1ccc(F)cc1)NC1CCN(Cc2ccccc2)CC1.